The minimum absolute atomic E-state index is 0.0275. The molecule has 0 spiro atoms. The predicted molar refractivity (Wildman–Crippen MR) is 67.3 cm³/mol. The highest BCUT2D eigenvalue weighted by atomic mass is 19.1. The van der Waals surface area contributed by atoms with E-state index in [1.807, 2.05) is 13.0 Å². The highest BCUT2D eigenvalue weighted by Crippen LogP contribution is 2.50. The summed E-state index contributed by atoms with van der Waals surface area (Å²) in [4.78, 5) is 0. The molecule has 1 N–H and O–H groups in total. The largest absolute Gasteiger partial charge is 0.388 e. The van der Waals surface area contributed by atoms with Gasteiger partial charge < -0.3 is 5.11 Å². The molecule has 1 saturated carbocycles. The molecule has 1 aromatic carbocycles. The van der Waals surface area contributed by atoms with E-state index >= 15 is 0 Å². The highest BCUT2D eigenvalue weighted by molar-refractivity contribution is 5.27. The molecule has 0 radical (unpaired) electrons. The van der Waals surface area contributed by atoms with Crippen LogP contribution in [0.25, 0.3) is 0 Å². The Balaban J connectivity index is 2.32. The van der Waals surface area contributed by atoms with Crippen molar-refractivity contribution in [2.24, 2.45) is 5.41 Å². The Bertz CT molecular complexity index is 374. The van der Waals surface area contributed by atoms with Gasteiger partial charge in [0, 0.05) is 5.41 Å². The van der Waals surface area contributed by atoms with Crippen LogP contribution < -0.4 is 0 Å². The van der Waals surface area contributed by atoms with Crippen molar-refractivity contribution in [3.8, 4) is 0 Å². The van der Waals surface area contributed by atoms with E-state index in [2.05, 4.69) is 6.92 Å². The number of hydrogen-bond donors (Lipinski definition) is 1. The van der Waals surface area contributed by atoms with E-state index in [4.69, 9.17) is 0 Å². The molecule has 1 unspecified atom stereocenters. The molecule has 1 aliphatic carbocycles. The lowest BCUT2D eigenvalue weighted by Gasteiger charge is -2.33. The van der Waals surface area contributed by atoms with Crippen LogP contribution in [0, 0.1) is 18.2 Å². The zero-order valence-electron chi connectivity index (χ0n) is 10.7. The van der Waals surface area contributed by atoms with Crippen molar-refractivity contribution in [1.82, 2.24) is 0 Å². The van der Waals surface area contributed by atoms with E-state index in [1.165, 1.54) is 25.0 Å². The second-order valence-electron chi connectivity index (χ2n) is 5.39. The molecule has 1 nitrogen and oxygen atoms in total. The third-order valence-electron chi connectivity index (χ3n) is 4.26. The first-order chi connectivity index (χ1) is 8.07. The molecule has 0 heterocycles. The van der Waals surface area contributed by atoms with Gasteiger partial charge in [-0.2, -0.15) is 0 Å². The Morgan fingerprint density at radius 3 is 2.47 bits per heavy atom. The molecule has 0 aromatic heterocycles. The average Bonchev–Trinajstić information content (AvgIpc) is 2.76. The third-order valence-corrected chi connectivity index (χ3v) is 4.26. The Morgan fingerprint density at radius 1 is 1.29 bits per heavy atom. The average molecular weight is 236 g/mol. The van der Waals surface area contributed by atoms with E-state index in [1.54, 1.807) is 0 Å². The molecule has 1 aromatic rings. The van der Waals surface area contributed by atoms with Gasteiger partial charge in [0.1, 0.15) is 5.82 Å². The van der Waals surface area contributed by atoms with Crippen LogP contribution in [-0.4, -0.2) is 5.11 Å². The predicted octanol–water partition coefficient (Wildman–Crippen LogP) is 4.14. The molecule has 0 saturated heterocycles. The molecule has 2 heteroatoms. The lowest BCUT2D eigenvalue weighted by atomic mass is 9.75. The summed E-state index contributed by atoms with van der Waals surface area (Å²) in [5.41, 5.74) is 1.59. The summed E-state index contributed by atoms with van der Waals surface area (Å²) in [6.07, 6.45) is 4.91. The minimum atomic E-state index is -0.524. The molecule has 1 fully saturated rings. The van der Waals surface area contributed by atoms with Gasteiger partial charge in [0.15, 0.2) is 0 Å². The summed E-state index contributed by atoms with van der Waals surface area (Å²) in [5, 5.41) is 10.6. The first kappa shape index (κ1) is 12.6. The number of aliphatic hydroxyl groups is 1. The van der Waals surface area contributed by atoms with E-state index < -0.39 is 6.10 Å². The van der Waals surface area contributed by atoms with Crippen LogP contribution in [0.15, 0.2) is 18.2 Å². The highest BCUT2D eigenvalue weighted by Gasteiger charge is 2.39. The summed E-state index contributed by atoms with van der Waals surface area (Å²) in [6, 6.07) is 4.89. The van der Waals surface area contributed by atoms with Crippen molar-refractivity contribution in [2.45, 2.75) is 52.1 Å². The number of hydrogen-bond acceptors (Lipinski definition) is 1. The number of aliphatic hydroxyl groups excluding tert-OH is 1. The first-order valence-corrected chi connectivity index (χ1v) is 6.52. The van der Waals surface area contributed by atoms with Gasteiger partial charge in [-0.1, -0.05) is 25.8 Å². The fourth-order valence-corrected chi connectivity index (χ4v) is 3.18. The maximum Gasteiger partial charge on any atom is 0.123 e. The zero-order valence-corrected chi connectivity index (χ0v) is 10.7. The van der Waals surface area contributed by atoms with Crippen LogP contribution in [0.5, 0.6) is 0 Å². The van der Waals surface area contributed by atoms with Crippen molar-refractivity contribution in [3.05, 3.63) is 35.1 Å². The number of aryl methyl sites for hydroxylation is 1. The van der Waals surface area contributed by atoms with Gasteiger partial charge in [-0.3, -0.25) is 0 Å². The van der Waals surface area contributed by atoms with Gasteiger partial charge in [0.05, 0.1) is 6.10 Å². The van der Waals surface area contributed by atoms with Gasteiger partial charge in [0.2, 0.25) is 0 Å². The third kappa shape index (κ3) is 2.37. The van der Waals surface area contributed by atoms with Crippen LogP contribution in [0.1, 0.15) is 56.3 Å². The van der Waals surface area contributed by atoms with Gasteiger partial charge in [0.25, 0.3) is 0 Å². The Kier molecular flexibility index (Phi) is 3.53. The fourth-order valence-electron chi connectivity index (χ4n) is 3.18. The molecule has 2 rings (SSSR count). The van der Waals surface area contributed by atoms with Crippen LogP contribution >= 0.6 is 0 Å². The van der Waals surface area contributed by atoms with E-state index in [9.17, 15) is 9.50 Å². The molecular formula is C15H21FO. The second-order valence-corrected chi connectivity index (χ2v) is 5.39. The standard InChI is InChI=1S/C15H21FO/c1-3-15(6-4-5-7-15)14(17)12-8-11(2)9-13(16)10-12/h8-10,14,17H,3-7H2,1-2H3. The van der Waals surface area contributed by atoms with E-state index in [-0.39, 0.29) is 11.2 Å². The Hall–Kier alpha value is -0.890. The smallest absolute Gasteiger partial charge is 0.123 e. The maximum absolute atomic E-state index is 13.4. The van der Waals surface area contributed by atoms with Crippen molar-refractivity contribution in [3.63, 3.8) is 0 Å². The van der Waals surface area contributed by atoms with Crippen molar-refractivity contribution >= 4 is 0 Å². The zero-order chi connectivity index (χ0) is 12.5. The first-order valence-electron chi connectivity index (χ1n) is 6.52. The summed E-state index contributed by atoms with van der Waals surface area (Å²) in [5.74, 6) is -0.247. The number of benzene rings is 1. The van der Waals surface area contributed by atoms with Crippen LogP contribution in [0.3, 0.4) is 0 Å². The quantitative estimate of drug-likeness (QED) is 0.836. The molecule has 0 bridgehead atoms. The second kappa shape index (κ2) is 4.77. The molecule has 1 aliphatic rings. The summed E-state index contributed by atoms with van der Waals surface area (Å²) in [6.45, 7) is 3.99. The van der Waals surface area contributed by atoms with Gasteiger partial charge in [-0.25, -0.2) is 4.39 Å². The summed E-state index contributed by atoms with van der Waals surface area (Å²) in [7, 11) is 0. The molecule has 0 aliphatic heterocycles. The van der Waals surface area contributed by atoms with Crippen molar-refractivity contribution < 1.29 is 9.50 Å². The van der Waals surface area contributed by atoms with Crippen LogP contribution in [0.4, 0.5) is 4.39 Å². The molecule has 17 heavy (non-hydrogen) atoms. The van der Waals surface area contributed by atoms with Crippen molar-refractivity contribution in [2.75, 3.05) is 0 Å². The topological polar surface area (TPSA) is 20.2 Å². The van der Waals surface area contributed by atoms with Gasteiger partial charge >= 0.3 is 0 Å². The monoisotopic (exact) mass is 236 g/mol. The Labute approximate surface area is 103 Å². The Morgan fingerprint density at radius 2 is 1.94 bits per heavy atom. The molecular weight excluding hydrogens is 215 g/mol. The minimum Gasteiger partial charge on any atom is -0.388 e. The van der Waals surface area contributed by atoms with Crippen LogP contribution in [-0.2, 0) is 0 Å². The number of rotatable bonds is 3. The summed E-state index contributed by atoms with van der Waals surface area (Å²) >= 11 is 0. The lowest BCUT2D eigenvalue weighted by molar-refractivity contribution is 0.0235. The molecule has 94 valence electrons. The van der Waals surface area contributed by atoms with E-state index in [0.29, 0.717) is 0 Å². The van der Waals surface area contributed by atoms with Gasteiger partial charge in [-0.15, -0.1) is 0 Å². The van der Waals surface area contributed by atoms with Gasteiger partial charge in [-0.05, 0) is 49.4 Å². The SMILES string of the molecule is CCC1(C(O)c2cc(C)cc(F)c2)CCCC1. The van der Waals surface area contributed by atoms with Crippen LogP contribution in [0.2, 0.25) is 0 Å². The maximum atomic E-state index is 13.4. The van der Waals surface area contributed by atoms with E-state index in [0.717, 1.165) is 30.4 Å². The lowest BCUT2D eigenvalue weighted by Crippen LogP contribution is -2.25. The molecule has 1 atom stereocenters. The fraction of sp³-hybridized carbons (Fsp3) is 0.600. The number of halogens is 1. The normalized spacial score (nSPS) is 20.5. The summed E-state index contributed by atoms with van der Waals surface area (Å²) < 4.78 is 13.4. The molecule has 0 amide bonds. The van der Waals surface area contributed by atoms with Crippen molar-refractivity contribution in [1.29, 1.82) is 0 Å².